The van der Waals surface area contributed by atoms with Gasteiger partial charge in [0.25, 0.3) is 0 Å². The van der Waals surface area contributed by atoms with Crippen molar-refractivity contribution in [3.05, 3.63) is 28.8 Å². The molecule has 4 nitrogen and oxygen atoms in total. The van der Waals surface area contributed by atoms with Gasteiger partial charge in [0.15, 0.2) is 0 Å². The van der Waals surface area contributed by atoms with Gasteiger partial charge in [0, 0.05) is 17.8 Å². The summed E-state index contributed by atoms with van der Waals surface area (Å²) in [5, 5.41) is 0.400. The molecular weight excluding hydrogens is 316 g/mol. The zero-order chi connectivity index (χ0) is 16.2. The molecule has 0 saturated heterocycles. The Morgan fingerprint density at radius 1 is 1.50 bits per heavy atom. The molecule has 118 valence electrons. The van der Waals surface area contributed by atoms with Gasteiger partial charge in [-0.05, 0) is 24.6 Å². The molecule has 1 saturated carbocycles. The Balaban J connectivity index is 2.13. The van der Waals surface area contributed by atoms with Crippen molar-refractivity contribution in [3.63, 3.8) is 0 Å². The number of rotatable bonds is 3. The summed E-state index contributed by atoms with van der Waals surface area (Å²) >= 11 is 5.92. The van der Waals surface area contributed by atoms with Crippen LogP contribution in [-0.4, -0.2) is 32.0 Å². The normalized spacial score (nSPS) is 29.2. The molecule has 3 atom stereocenters. The Labute approximate surface area is 131 Å². The van der Waals surface area contributed by atoms with Gasteiger partial charge in [-0.15, -0.1) is 0 Å². The van der Waals surface area contributed by atoms with Crippen LogP contribution in [-0.2, 0) is 19.7 Å². The number of carbonyl (C=O) groups excluding carboxylic acids is 2. The SMILES string of the molecule is CCOC(=O)[C@H]1[C@H](C(F)F)[C@]12C(=O)N(C)c1cc(Cl)ccc12. The van der Waals surface area contributed by atoms with E-state index in [2.05, 4.69) is 0 Å². The zero-order valence-corrected chi connectivity index (χ0v) is 12.7. The number of ether oxygens (including phenoxy) is 1. The number of carbonyl (C=O) groups is 2. The number of nitrogens with zero attached hydrogens (tertiary/aromatic N) is 1. The van der Waals surface area contributed by atoms with E-state index in [1.807, 2.05) is 0 Å². The van der Waals surface area contributed by atoms with E-state index in [0.29, 0.717) is 16.3 Å². The third-order valence-corrected chi connectivity index (χ3v) is 4.74. The summed E-state index contributed by atoms with van der Waals surface area (Å²) in [6, 6.07) is 4.64. The van der Waals surface area contributed by atoms with Gasteiger partial charge in [0.2, 0.25) is 12.3 Å². The maximum absolute atomic E-state index is 13.4. The molecule has 22 heavy (non-hydrogen) atoms. The summed E-state index contributed by atoms with van der Waals surface area (Å²) in [6.07, 6.45) is -2.78. The molecule has 0 N–H and O–H groups in total. The first-order chi connectivity index (χ1) is 10.4. The molecule has 1 aliphatic heterocycles. The number of halogens is 3. The van der Waals surface area contributed by atoms with Gasteiger partial charge in [0.1, 0.15) is 0 Å². The minimum absolute atomic E-state index is 0.0822. The molecule has 1 spiro atoms. The van der Waals surface area contributed by atoms with E-state index >= 15 is 0 Å². The van der Waals surface area contributed by atoms with Crippen molar-refractivity contribution < 1.29 is 23.1 Å². The fraction of sp³-hybridized carbons (Fsp3) is 0.467. The van der Waals surface area contributed by atoms with E-state index in [1.54, 1.807) is 19.1 Å². The van der Waals surface area contributed by atoms with Crippen LogP contribution in [0.25, 0.3) is 0 Å². The number of amides is 1. The van der Waals surface area contributed by atoms with Gasteiger partial charge in [-0.25, -0.2) is 8.78 Å². The van der Waals surface area contributed by atoms with E-state index in [9.17, 15) is 18.4 Å². The van der Waals surface area contributed by atoms with E-state index in [4.69, 9.17) is 16.3 Å². The highest BCUT2D eigenvalue weighted by Crippen LogP contribution is 2.68. The van der Waals surface area contributed by atoms with E-state index in [-0.39, 0.29) is 6.61 Å². The lowest BCUT2D eigenvalue weighted by molar-refractivity contribution is -0.146. The van der Waals surface area contributed by atoms with Crippen molar-refractivity contribution in [2.75, 3.05) is 18.6 Å². The van der Waals surface area contributed by atoms with Crippen molar-refractivity contribution in [2.24, 2.45) is 11.8 Å². The number of benzene rings is 1. The number of hydrogen-bond acceptors (Lipinski definition) is 3. The van der Waals surface area contributed by atoms with E-state index in [1.165, 1.54) is 18.0 Å². The molecule has 1 aromatic rings. The standard InChI is InChI=1S/C15H14ClF2NO3/c1-3-22-13(20)11-10(12(17)18)15(11)8-5-4-7(16)6-9(8)19(2)14(15)21/h4-6,10-12H,3H2,1-2H3/t10-,11-,15+/m1/s1. The van der Waals surface area contributed by atoms with E-state index in [0.717, 1.165) is 0 Å². The molecule has 3 rings (SSSR count). The van der Waals surface area contributed by atoms with Crippen LogP contribution < -0.4 is 4.90 Å². The van der Waals surface area contributed by atoms with Crippen LogP contribution in [0.5, 0.6) is 0 Å². The number of fused-ring (bicyclic) bond motifs is 2. The quantitative estimate of drug-likeness (QED) is 0.801. The molecule has 0 aromatic heterocycles. The first-order valence-corrected chi connectivity index (χ1v) is 7.28. The molecule has 1 aromatic carbocycles. The van der Waals surface area contributed by atoms with Crippen LogP contribution >= 0.6 is 11.6 Å². The highest BCUT2D eigenvalue weighted by Gasteiger charge is 2.80. The van der Waals surface area contributed by atoms with Gasteiger partial charge < -0.3 is 9.64 Å². The second-order valence-electron chi connectivity index (χ2n) is 5.48. The van der Waals surface area contributed by atoms with E-state index < -0.39 is 35.6 Å². The predicted molar refractivity (Wildman–Crippen MR) is 76.2 cm³/mol. The first-order valence-electron chi connectivity index (χ1n) is 6.90. The summed E-state index contributed by atoms with van der Waals surface area (Å²) in [6.45, 7) is 1.68. The van der Waals surface area contributed by atoms with Gasteiger partial charge in [-0.3, -0.25) is 9.59 Å². The van der Waals surface area contributed by atoms with Crippen molar-refractivity contribution in [1.29, 1.82) is 0 Å². The van der Waals surface area contributed by atoms with Crippen LogP contribution in [0.3, 0.4) is 0 Å². The van der Waals surface area contributed by atoms with Crippen molar-refractivity contribution in [3.8, 4) is 0 Å². The Kier molecular flexibility index (Phi) is 3.40. The smallest absolute Gasteiger partial charge is 0.310 e. The molecule has 1 aliphatic carbocycles. The molecule has 1 fully saturated rings. The summed E-state index contributed by atoms with van der Waals surface area (Å²) in [4.78, 5) is 26.0. The number of alkyl halides is 2. The number of esters is 1. The fourth-order valence-electron chi connectivity index (χ4n) is 3.58. The number of anilines is 1. The fourth-order valence-corrected chi connectivity index (χ4v) is 3.75. The summed E-state index contributed by atoms with van der Waals surface area (Å²) in [7, 11) is 1.50. The van der Waals surface area contributed by atoms with Gasteiger partial charge in [-0.2, -0.15) is 0 Å². The van der Waals surface area contributed by atoms with Gasteiger partial charge >= 0.3 is 5.97 Å². The largest absolute Gasteiger partial charge is 0.466 e. The maximum Gasteiger partial charge on any atom is 0.310 e. The van der Waals surface area contributed by atoms with Crippen molar-refractivity contribution >= 4 is 29.2 Å². The molecule has 0 unspecified atom stereocenters. The number of likely N-dealkylation sites (N-methyl/N-ethyl adjacent to an activating group) is 1. The Hall–Kier alpha value is -1.69. The Morgan fingerprint density at radius 2 is 2.18 bits per heavy atom. The highest BCUT2D eigenvalue weighted by molar-refractivity contribution is 6.31. The van der Waals surface area contributed by atoms with Crippen molar-refractivity contribution in [2.45, 2.75) is 18.8 Å². The molecule has 0 bridgehead atoms. The second kappa shape index (κ2) is 4.91. The summed E-state index contributed by atoms with van der Waals surface area (Å²) in [5.41, 5.74) is -0.627. The molecule has 7 heteroatoms. The lowest BCUT2D eigenvalue weighted by atomic mass is 9.93. The number of hydrogen-bond donors (Lipinski definition) is 0. The average Bonchev–Trinajstić information content (AvgIpc) is 3.12. The zero-order valence-electron chi connectivity index (χ0n) is 12.0. The predicted octanol–water partition coefficient (Wildman–Crippen LogP) is 2.63. The highest BCUT2D eigenvalue weighted by atomic mass is 35.5. The monoisotopic (exact) mass is 329 g/mol. The molecule has 2 aliphatic rings. The Bertz CT molecular complexity index is 666. The van der Waals surface area contributed by atoms with Crippen LogP contribution in [0.2, 0.25) is 5.02 Å². The maximum atomic E-state index is 13.4. The minimum Gasteiger partial charge on any atom is -0.466 e. The lowest BCUT2D eigenvalue weighted by Gasteiger charge is -2.11. The third kappa shape index (κ3) is 1.73. The molecular formula is C15H14ClF2NO3. The lowest BCUT2D eigenvalue weighted by Crippen LogP contribution is -2.32. The minimum atomic E-state index is -2.78. The second-order valence-corrected chi connectivity index (χ2v) is 5.92. The van der Waals surface area contributed by atoms with Gasteiger partial charge in [-0.1, -0.05) is 17.7 Å². The summed E-state index contributed by atoms with van der Waals surface area (Å²) < 4.78 is 31.8. The molecule has 1 heterocycles. The van der Waals surface area contributed by atoms with Crippen LogP contribution in [0.1, 0.15) is 12.5 Å². The molecule has 1 amide bonds. The summed E-state index contributed by atoms with van der Waals surface area (Å²) in [5.74, 6) is -3.76. The van der Waals surface area contributed by atoms with Crippen molar-refractivity contribution in [1.82, 2.24) is 0 Å². The van der Waals surface area contributed by atoms with Gasteiger partial charge in [0.05, 0.1) is 23.9 Å². The topological polar surface area (TPSA) is 46.6 Å². The average molecular weight is 330 g/mol. The Morgan fingerprint density at radius 3 is 2.77 bits per heavy atom. The van der Waals surface area contributed by atoms with Crippen LogP contribution in [0.4, 0.5) is 14.5 Å². The van der Waals surface area contributed by atoms with Crippen LogP contribution in [0.15, 0.2) is 18.2 Å². The first kappa shape index (κ1) is 15.2. The van der Waals surface area contributed by atoms with Crippen LogP contribution in [0, 0.1) is 11.8 Å². The molecule has 0 radical (unpaired) electrons. The third-order valence-electron chi connectivity index (χ3n) is 4.50.